The first-order valence-corrected chi connectivity index (χ1v) is 13.8. The third-order valence-corrected chi connectivity index (χ3v) is 7.72. The maximum Gasteiger partial charge on any atom is 0.278 e. The number of nitrogens with one attached hydrogen (secondary N) is 1. The molecule has 0 spiro atoms. The van der Waals surface area contributed by atoms with Crippen LogP contribution < -0.4 is 11.1 Å². The van der Waals surface area contributed by atoms with Gasteiger partial charge in [-0.15, -0.1) is 0 Å². The lowest BCUT2D eigenvalue weighted by Gasteiger charge is -2.30. The highest BCUT2D eigenvalue weighted by molar-refractivity contribution is 7.26. The minimum Gasteiger partial charge on any atom is -0.379 e. The van der Waals surface area contributed by atoms with E-state index in [4.69, 9.17) is 27.6 Å². The predicted octanol–water partition coefficient (Wildman–Crippen LogP) is 1.73. The third-order valence-electron chi connectivity index (χ3n) is 6.49. The van der Waals surface area contributed by atoms with Crippen molar-refractivity contribution in [1.29, 1.82) is 0 Å². The van der Waals surface area contributed by atoms with Crippen molar-refractivity contribution in [2.24, 2.45) is 5.92 Å². The molecule has 40 heavy (non-hydrogen) atoms. The van der Waals surface area contributed by atoms with E-state index in [1.807, 2.05) is 0 Å². The lowest BCUT2D eigenvalue weighted by atomic mass is 10.0. The Balaban J connectivity index is 1.37. The number of fused-ring (bicyclic) bond motifs is 2. The SMILES string of the molecule is CO[C@@H]1COPOC[C@@H]([C@H](F)n2cnc3c(=O)[nH]cnc32)[C@H](OC)COPO[C@@H](n2ccc(=O)n3ccnc23)C1. The standard InChI is InChI=1S/C22H28FN7O8P2/c1-33-13-7-17(29-5-3-16(31)28-6-4-24-22(28)29)38-40-37-10-15(34-2)14(9-36-39-35-8-13)19(23)30-12-27-18-20(30)25-11-26-21(18)32/h3-6,11-15,17,19,39-40H,7-10H2,1-2H3,(H,25,26,32)/t13-,14+,15+,17+,19+/m0/s1. The molecule has 15 nitrogen and oxygen atoms in total. The maximum absolute atomic E-state index is 16.0. The average molecular weight is 599 g/mol. The minimum atomic E-state index is -1.72. The zero-order chi connectivity index (χ0) is 28.1. The van der Waals surface area contributed by atoms with Gasteiger partial charge in [0.1, 0.15) is 6.23 Å². The van der Waals surface area contributed by atoms with Gasteiger partial charge in [-0.25, -0.2) is 19.3 Å². The molecule has 7 atom stereocenters. The number of ether oxygens (including phenoxy) is 2. The molecule has 1 aliphatic rings. The summed E-state index contributed by atoms with van der Waals surface area (Å²) in [5.74, 6) is -0.496. The van der Waals surface area contributed by atoms with Gasteiger partial charge in [-0.2, -0.15) is 0 Å². The number of hydrogen-bond donors (Lipinski definition) is 1. The monoisotopic (exact) mass is 599 g/mol. The summed E-state index contributed by atoms with van der Waals surface area (Å²) in [5, 5.41) is 0. The lowest BCUT2D eigenvalue weighted by Crippen LogP contribution is -2.35. The van der Waals surface area contributed by atoms with Crippen molar-refractivity contribution in [2.45, 2.75) is 31.2 Å². The van der Waals surface area contributed by atoms with Crippen molar-refractivity contribution >= 4 is 35.0 Å². The van der Waals surface area contributed by atoms with E-state index < -0.39 is 54.3 Å². The molecule has 5 rings (SSSR count). The van der Waals surface area contributed by atoms with Gasteiger partial charge in [0.25, 0.3) is 11.1 Å². The molecule has 0 bridgehead atoms. The number of alkyl halides is 1. The largest absolute Gasteiger partial charge is 0.379 e. The van der Waals surface area contributed by atoms with Gasteiger partial charge in [0, 0.05) is 45.3 Å². The van der Waals surface area contributed by atoms with Crippen molar-refractivity contribution in [3.63, 3.8) is 0 Å². The Hall–Kier alpha value is -2.68. The van der Waals surface area contributed by atoms with Gasteiger partial charge >= 0.3 is 0 Å². The molecule has 4 aromatic heterocycles. The Labute approximate surface area is 229 Å². The summed E-state index contributed by atoms with van der Waals surface area (Å²) >= 11 is 0. The van der Waals surface area contributed by atoms with Crippen LogP contribution in [0.1, 0.15) is 18.9 Å². The number of halogens is 1. The first-order valence-electron chi connectivity index (χ1n) is 12.2. The number of hydrogen-bond acceptors (Lipinski definition) is 11. The molecule has 0 aliphatic carbocycles. The van der Waals surface area contributed by atoms with Crippen molar-refractivity contribution in [3.05, 3.63) is 58.0 Å². The summed E-state index contributed by atoms with van der Waals surface area (Å²) < 4.78 is 54.8. The minimum absolute atomic E-state index is 0.0167. The van der Waals surface area contributed by atoms with E-state index in [2.05, 4.69) is 19.9 Å². The van der Waals surface area contributed by atoms with Crippen LogP contribution in [-0.2, 0) is 27.6 Å². The van der Waals surface area contributed by atoms with E-state index in [-0.39, 0.29) is 36.5 Å². The van der Waals surface area contributed by atoms with E-state index in [1.165, 1.54) is 41.0 Å². The highest BCUT2D eigenvalue weighted by atomic mass is 31.1. The quantitative estimate of drug-likeness (QED) is 0.333. The molecule has 1 aliphatic heterocycles. The van der Waals surface area contributed by atoms with Crippen LogP contribution in [0.5, 0.6) is 0 Å². The number of methoxy groups -OCH3 is 2. The predicted molar refractivity (Wildman–Crippen MR) is 142 cm³/mol. The van der Waals surface area contributed by atoms with E-state index in [0.29, 0.717) is 12.2 Å². The van der Waals surface area contributed by atoms with Gasteiger partial charge in [0.05, 0.1) is 50.6 Å². The van der Waals surface area contributed by atoms with Crippen LogP contribution in [0, 0.1) is 5.92 Å². The first-order chi connectivity index (χ1) is 19.5. The Bertz CT molecular complexity index is 1530. The molecular formula is C22H28FN7O8P2. The first kappa shape index (κ1) is 28.8. The van der Waals surface area contributed by atoms with E-state index in [9.17, 15) is 9.59 Å². The third kappa shape index (κ3) is 6.14. The van der Waals surface area contributed by atoms with Crippen molar-refractivity contribution in [2.75, 3.05) is 34.0 Å². The topological polar surface area (TPSA) is 158 Å². The molecule has 0 amide bonds. The normalized spacial score (nSPS) is 25.9. The Morgan fingerprint density at radius 1 is 1.07 bits per heavy atom. The van der Waals surface area contributed by atoms with Crippen molar-refractivity contribution < 1.29 is 32.0 Å². The van der Waals surface area contributed by atoms with Crippen LogP contribution in [-0.4, -0.2) is 79.7 Å². The molecule has 0 aromatic carbocycles. The molecule has 18 heteroatoms. The molecule has 5 heterocycles. The zero-order valence-electron chi connectivity index (χ0n) is 21.5. The Morgan fingerprint density at radius 3 is 2.73 bits per heavy atom. The summed E-state index contributed by atoms with van der Waals surface area (Å²) in [7, 11) is 2.10. The van der Waals surface area contributed by atoms with Gasteiger partial charge in [-0.3, -0.25) is 23.1 Å². The second-order valence-electron chi connectivity index (χ2n) is 8.79. The van der Waals surface area contributed by atoms with Crippen molar-refractivity contribution in [3.8, 4) is 0 Å². The van der Waals surface area contributed by atoms with E-state index in [0.717, 1.165) is 0 Å². The molecule has 1 fully saturated rings. The highest BCUT2D eigenvalue weighted by Gasteiger charge is 2.34. The molecule has 216 valence electrons. The van der Waals surface area contributed by atoms with Crippen LogP contribution in [0.3, 0.4) is 0 Å². The van der Waals surface area contributed by atoms with Crippen LogP contribution in [0.4, 0.5) is 4.39 Å². The Morgan fingerprint density at radius 2 is 1.90 bits per heavy atom. The van der Waals surface area contributed by atoms with Gasteiger partial charge in [0.15, 0.2) is 35.5 Å². The fraction of sp³-hybridized carbons (Fsp3) is 0.500. The summed E-state index contributed by atoms with van der Waals surface area (Å²) in [5.41, 5.74) is -0.597. The van der Waals surface area contributed by atoms with Crippen molar-refractivity contribution in [1.82, 2.24) is 33.5 Å². The summed E-state index contributed by atoms with van der Waals surface area (Å²) in [6.45, 7) is 0.0567. The number of H-pyrrole nitrogens is 1. The van der Waals surface area contributed by atoms with Gasteiger partial charge in [-0.1, -0.05) is 0 Å². The fourth-order valence-electron chi connectivity index (χ4n) is 4.33. The summed E-state index contributed by atoms with van der Waals surface area (Å²) in [6, 6.07) is 1.41. The number of imidazole rings is 2. The maximum atomic E-state index is 16.0. The number of aromatic amines is 1. The van der Waals surface area contributed by atoms with Gasteiger partial charge in [-0.05, 0) is 0 Å². The molecular weight excluding hydrogens is 571 g/mol. The highest BCUT2D eigenvalue weighted by Crippen LogP contribution is 2.34. The zero-order valence-corrected chi connectivity index (χ0v) is 23.5. The molecule has 1 saturated heterocycles. The number of rotatable bonds is 5. The summed E-state index contributed by atoms with van der Waals surface area (Å²) in [4.78, 5) is 39.1. The second kappa shape index (κ2) is 13.3. The smallest absolute Gasteiger partial charge is 0.278 e. The Kier molecular flexibility index (Phi) is 9.60. The lowest BCUT2D eigenvalue weighted by molar-refractivity contribution is -0.0508. The second-order valence-corrected chi connectivity index (χ2v) is 10.2. The average Bonchev–Trinajstić information content (AvgIpc) is 3.63. The van der Waals surface area contributed by atoms with Crippen LogP contribution in [0.25, 0.3) is 16.9 Å². The molecule has 0 radical (unpaired) electrons. The van der Waals surface area contributed by atoms with Crippen LogP contribution in [0.15, 0.2) is 46.9 Å². The van der Waals surface area contributed by atoms with Crippen LogP contribution >= 0.6 is 18.1 Å². The van der Waals surface area contributed by atoms with E-state index in [1.54, 1.807) is 24.1 Å². The van der Waals surface area contributed by atoms with Gasteiger partial charge < -0.3 is 32.6 Å². The number of aromatic nitrogens is 7. The van der Waals surface area contributed by atoms with E-state index >= 15 is 4.39 Å². The van der Waals surface area contributed by atoms with Gasteiger partial charge in [0.2, 0.25) is 5.78 Å². The molecule has 2 unspecified atom stereocenters. The molecule has 4 aromatic rings. The number of nitrogens with zero attached hydrogens (tertiary/aromatic N) is 6. The summed E-state index contributed by atoms with van der Waals surface area (Å²) in [6.07, 6.45) is 3.93. The molecule has 0 saturated carbocycles. The van der Waals surface area contributed by atoms with Crippen LogP contribution in [0.2, 0.25) is 0 Å². The fourth-order valence-corrected chi connectivity index (χ4v) is 5.55. The molecule has 1 N–H and O–H groups in total.